The number of benzene rings is 1. The molecule has 1 fully saturated rings. The lowest BCUT2D eigenvalue weighted by Gasteiger charge is -2.24. The van der Waals surface area contributed by atoms with Gasteiger partial charge in [0.2, 0.25) is 0 Å². The molecule has 1 aliphatic rings. The molecule has 0 unspecified atom stereocenters. The third kappa shape index (κ3) is 3.06. The normalized spacial score (nSPS) is 18.8. The minimum Gasteiger partial charge on any atom is -0.309 e. The van der Waals surface area contributed by atoms with Gasteiger partial charge in [-0.25, -0.2) is 0 Å². The Morgan fingerprint density at radius 1 is 1.25 bits per heavy atom. The van der Waals surface area contributed by atoms with E-state index < -0.39 is 0 Å². The van der Waals surface area contributed by atoms with Gasteiger partial charge in [-0.2, -0.15) is 0 Å². The molecule has 90 valence electrons. The molecule has 1 saturated heterocycles. The molecule has 0 bridgehead atoms. The van der Waals surface area contributed by atoms with Gasteiger partial charge in [-0.05, 0) is 38.0 Å². The van der Waals surface area contributed by atoms with Crippen molar-refractivity contribution in [3.63, 3.8) is 0 Å². The highest BCUT2D eigenvalue weighted by Gasteiger charge is 2.17. The van der Waals surface area contributed by atoms with E-state index in [9.17, 15) is 0 Å². The molecule has 0 amide bonds. The van der Waals surface area contributed by atoms with Crippen LogP contribution in [0.4, 0.5) is 0 Å². The van der Waals surface area contributed by atoms with E-state index in [-0.39, 0.29) is 1.43 Å². The first-order valence-corrected chi connectivity index (χ1v) is 6.41. The molecule has 1 atom stereocenters. The van der Waals surface area contributed by atoms with Crippen molar-refractivity contribution in [3.8, 4) is 0 Å². The third-order valence-corrected chi connectivity index (χ3v) is 3.29. The van der Waals surface area contributed by atoms with Crippen molar-refractivity contribution < 1.29 is 1.43 Å². The summed E-state index contributed by atoms with van der Waals surface area (Å²) in [5, 5.41) is 3.58. The molecule has 0 aromatic heterocycles. The Balaban J connectivity index is 0.00000144. The quantitative estimate of drug-likeness (QED) is 0.820. The summed E-state index contributed by atoms with van der Waals surface area (Å²) in [7, 11) is 0. The number of likely N-dealkylation sites (tertiary alicyclic amines) is 1. The van der Waals surface area contributed by atoms with Gasteiger partial charge in [0.05, 0.1) is 0 Å². The van der Waals surface area contributed by atoms with Crippen LogP contribution < -0.4 is 5.32 Å². The van der Waals surface area contributed by atoms with Crippen molar-refractivity contribution in [2.75, 3.05) is 26.2 Å². The Kier molecular flexibility index (Phi) is 4.37. The maximum atomic E-state index is 3.58. The van der Waals surface area contributed by atoms with Crippen LogP contribution in [-0.4, -0.2) is 31.1 Å². The van der Waals surface area contributed by atoms with E-state index >= 15 is 0 Å². The van der Waals surface area contributed by atoms with Crippen molar-refractivity contribution in [2.24, 2.45) is 0 Å². The first-order valence-electron chi connectivity index (χ1n) is 6.41. The fourth-order valence-corrected chi connectivity index (χ4v) is 2.44. The molecule has 16 heavy (non-hydrogen) atoms. The van der Waals surface area contributed by atoms with E-state index in [1.165, 1.54) is 31.5 Å². The number of hydrogen-bond donors (Lipinski definition) is 1. The number of nitrogens with one attached hydrogen (secondary N) is 1. The maximum absolute atomic E-state index is 3.58. The zero-order valence-corrected chi connectivity index (χ0v) is 10.2. The summed E-state index contributed by atoms with van der Waals surface area (Å²) in [4.78, 5) is 2.57. The molecule has 2 nitrogen and oxygen atoms in total. The van der Waals surface area contributed by atoms with Crippen LogP contribution in [0.1, 0.15) is 32.8 Å². The second kappa shape index (κ2) is 6.02. The molecule has 2 rings (SSSR count). The van der Waals surface area contributed by atoms with Crippen LogP contribution >= 0.6 is 0 Å². The van der Waals surface area contributed by atoms with Crippen molar-refractivity contribution >= 4 is 0 Å². The predicted molar refractivity (Wildman–Crippen MR) is 70.6 cm³/mol. The summed E-state index contributed by atoms with van der Waals surface area (Å²) in [5.74, 6) is 0. The molecular formula is C14H24N2. The zero-order chi connectivity index (χ0) is 11.2. The van der Waals surface area contributed by atoms with E-state index in [0.717, 1.165) is 13.1 Å². The van der Waals surface area contributed by atoms with Gasteiger partial charge in [-0.1, -0.05) is 37.3 Å². The van der Waals surface area contributed by atoms with Gasteiger partial charge in [0.15, 0.2) is 0 Å². The van der Waals surface area contributed by atoms with Crippen LogP contribution in [0.2, 0.25) is 0 Å². The molecule has 0 aliphatic carbocycles. The van der Waals surface area contributed by atoms with E-state index in [4.69, 9.17) is 0 Å². The summed E-state index contributed by atoms with van der Waals surface area (Å²) in [6, 6.07) is 11.3. The number of likely N-dealkylation sites (N-methyl/N-ethyl adjacent to an activating group) is 1. The van der Waals surface area contributed by atoms with Gasteiger partial charge in [0.25, 0.3) is 0 Å². The van der Waals surface area contributed by atoms with E-state index in [0.29, 0.717) is 6.04 Å². The standard InChI is InChI=1S/C14H22N2.H2/c1-2-15-14(12-16-10-6-7-11-16)13-8-4-3-5-9-13;/h3-5,8-9,14-15H,2,6-7,10-12H2,1H3;1H/t14-;/m0./s1. The highest BCUT2D eigenvalue weighted by molar-refractivity contribution is 5.19. The topological polar surface area (TPSA) is 15.3 Å². The second-order valence-electron chi connectivity index (χ2n) is 4.53. The van der Waals surface area contributed by atoms with E-state index in [1.54, 1.807) is 0 Å². The summed E-state index contributed by atoms with van der Waals surface area (Å²) < 4.78 is 0. The summed E-state index contributed by atoms with van der Waals surface area (Å²) in [6.07, 6.45) is 2.74. The van der Waals surface area contributed by atoms with Gasteiger partial charge in [-0.3, -0.25) is 0 Å². The van der Waals surface area contributed by atoms with E-state index in [1.807, 2.05) is 0 Å². The molecule has 1 N–H and O–H groups in total. The second-order valence-corrected chi connectivity index (χ2v) is 4.53. The van der Waals surface area contributed by atoms with E-state index in [2.05, 4.69) is 47.5 Å². The van der Waals surface area contributed by atoms with Gasteiger partial charge in [0.1, 0.15) is 0 Å². The first-order chi connectivity index (χ1) is 7.90. The van der Waals surface area contributed by atoms with Gasteiger partial charge < -0.3 is 10.2 Å². The minimum absolute atomic E-state index is 0. The third-order valence-electron chi connectivity index (χ3n) is 3.29. The minimum atomic E-state index is 0. The molecule has 1 aromatic rings. The van der Waals surface area contributed by atoms with Crippen LogP contribution in [0.5, 0.6) is 0 Å². The fraction of sp³-hybridized carbons (Fsp3) is 0.571. The summed E-state index contributed by atoms with van der Waals surface area (Å²) in [6.45, 7) is 6.91. The summed E-state index contributed by atoms with van der Waals surface area (Å²) >= 11 is 0. The monoisotopic (exact) mass is 220 g/mol. The number of hydrogen-bond acceptors (Lipinski definition) is 2. The highest BCUT2D eigenvalue weighted by Crippen LogP contribution is 2.17. The number of nitrogens with zero attached hydrogens (tertiary/aromatic N) is 1. The molecular weight excluding hydrogens is 196 g/mol. The molecule has 1 aromatic carbocycles. The predicted octanol–water partition coefficient (Wildman–Crippen LogP) is 2.68. The van der Waals surface area contributed by atoms with Crippen molar-refractivity contribution in [1.82, 2.24) is 10.2 Å². The first kappa shape index (κ1) is 11.6. The Bertz CT molecular complexity index is 296. The Morgan fingerprint density at radius 2 is 1.94 bits per heavy atom. The lowest BCUT2D eigenvalue weighted by molar-refractivity contribution is 0.294. The largest absolute Gasteiger partial charge is 0.309 e. The molecule has 0 spiro atoms. The average Bonchev–Trinajstić information content (AvgIpc) is 2.83. The van der Waals surface area contributed by atoms with Crippen LogP contribution in [0.25, 0.3) is 0 Å². The van der Waals surface area contributed by atoms with Crippen LogP contribution in [0.3, 0.4) is 0 Å². The average molecular weight is 220 g/mol. The zero-order valence-electron chi connectivity index (χ0n) is 10.2. The summed E-state index contributed by atoms with van der Waals surface area (Å²) in [5.41, 5.74) is 1.41. The van der Waals surface area contributed by atoms with Crippen molar-refractivity contribution in [3.05, 3.63) is 35.9 Å². The smallest absolute Gasteiger partial charge is 0.0449 e. The number of rotatable bonds is 5. The molecule has 1 aliphatic heterocycles. The van der Waals surface area contributed by atoms with Crippen LogP contribution in [0.15, 0.2) is 30.3 Å². The van der Waals surface area contributed by atoms with Gasteiger partial charge in [-0.15, -0.1) is 0 Å². The Hall–Kier alpha value is -0.860. The SMILES string of the molecule is CCN[C@@H](CN1CCCC1)c1ccccc1.[HH]. The Labute approximate surface area is 100 Å². The van der Waals surface area contributed by atoms with Crippen molar-refractivity contribution in [1.29, 1.82) is 0 Å². The van der Waals surface area contributed by atoms with Crippen molar-refractivity contribution in [2.45, 2.75) is 25.8 Å². The molecule has 1 heterocycles. The fourth-order valence-electron chi connectivity index (χ4n) is 2.44. The molecule has 0 radical (unpaired) electrons. The lowest BCUT2D eigenvalue weighted by atomic mass is 10.1. The molecule has 2 heteroatoms. The van der Waals surface area contributed by atoms with Gasteiger partial charge >= 0.3 is 0 Å². The Morgan fingerprint density at radius 3 is 2.56 bits per heavy atom. The van der Waals surface area contributed by atoms with Crippen LogP contribution in [-0.2, 0) is 0 Å². The lowest BCUT2D eigenvalue weighted by Crippen LogP contribution is -2.33. The van der Waals surface area contributed by atoms with Crippen LogP contribution in [0, 0.1) is 0 Å². The van der Waals surface area contributed by atoms with Gasteiger partial charge in [0, 0.05) is 14.0 Å². The maximum Gasteiger partial charge on any atom is 0.0449 e. The molecule has 0 saturated carbocycles. The highest BCUT2D eigenvalue weighted by atomic mass is 15.2.